The van der Waals surface area contributed by atoms with Gasteiger partial charge in [-0.15, -0.1) is 0 Å². The molecule has 2 heterocycles. The first-order chi connectivity index (χ1) is 14.9. The van der Waals surface area contributed by atoms with E-state index in [0.29, 0.717) is 41.0 Å². The third kappa shape index (κ3) is 4.56. The molecule has 1 fully saturated rings. The Morgan fingerprint density at radius 1 is 1.39 bits per heavy atom. The number of ether oxygens (including phenoxy) is 1. The normalized spacial score (nSPS) is 18.6. The van der Waals surface area contributed by atoms with E-state index in [2.05, 4.69) is 32.2 Å². The van der Waals surface area contributed by atoms with E-state index in [9.17, 15) is 14.7 Å². The number of hydrogen-bond donors (Lipinski definition) is 4. The highest BCUT2D eigenvalue weighted by Crippen LogP contribution is 2.30. The number of carbonyl (C=O) groups is 2. The molecule has 2 aromatic heterocycles. The summed E-state index contributed by atoms with van der Waals surface area (Å²) in [6.45, 7) is 5.36. The molecule has 1 aromatic carbocycles. The Morgan fingerprint density at radius 3 is 2.94 bits per heavy atom. The molecule has 9 heteroatoms. The maximum Gasteiger partial charge on any atom is 0.255 e. The van der Waals surface area contributed by atoms with Crippen molar-refractivity contribution in [3.05, 3.63) is 54.9 Å². The number of nitrogens with zero attached hydrogens (tertiary/aromatic N) is 2. The van der Waals surface area contributed by atoms with E-state index in [1.54, 1.807) is 30.5 Å². The van der Waals surface area contributed by atoms with E-state index in [1.165, 1.54) is 12.3 Å². The maximum absolute atomic E-state index is 12.8. The average Bonchev–Trinajstić information content (AvgIpc) is 3.15. The largest absolute Gasteiger partial charge is 0.437 e. The zero-order valence-electron chi connectivity index (χ0n) is 17.0. The molecular formula is C22H23N5O4. The van der Waals surface area contributed by atoms with Gasteiger partial charge in [-0.1, -0.05) is 12.6 Å². The van der Waals surface area contributed by atoms with Crippen molar-refractivity contribution < 1.29 is 19.4 Å². The van der Waals surface area contributed by atoms with Crippen LogP contribution in [0.15, 0.2) is 49.3 Å². The van der Waals surface area contributed by atoms with E-state index >= 15 is 0 Å². The summed E-state index contributed by atoms with van der Waals surface area (Å²) in [5.41, 5.74) is 1.78. The van der Waals surface area contributed by atoms with Crippen LogP contribution in [0.5, 0.6) is 11.6 Å². The molecule has 0 aliphatic heterocycles. The number of aliphatic hydroxyl groups excluding tert-OH is 1. The molecule has 31 heavy (non-hydrogen) atoms. The summed E-state index contributed by atoms with van der Waals surface area (Å²) in [6, 6.07) is 6.76. The van der Waals surface area contributed by atoms with Gasteiger partial charge >= 0.3 is 0 Å². The molecule has 1 atom stereocenters. The molecule has 1 aliphatic rings. The summed E-state index contributed by atoms with van der Waals surface area (Å²) >= 11 is 0. The Hall–Kier alpha value is -3.72. The summed E-state index contributed by atoms with van der Waals surface area (Å²) in [5.74, 6) is 0.341. The summed E-state index contributed by atoms with van der Waals surface area (Å²) < 4.78 is 5.78. The lowest BCUT2D eigenvalue weighted by atomic mass is 9.78. The van der Waals surface area contributed by atoms with Gasteiger partial charge < -0.3 is 25.5 Å². The average molecular weight is 421 g/mol. The standard InChI is InChI=1S/C22H23N5O4/c1-3-18(29)26-14-5-4-6-16(9-14)31-19-11-24-21-20(27-19)17(10-23-21)22(30)25-12(2)13-7-15(28)8-13/h3-6,9-13,15,28H,1,7-8H2,2H3,(H,23,24)(H,25,30)(H,26,29)/t12-,13?,15?/m1/s1. The molecule has 0 saturated heterocycles. The monoisotopic (exact) mass is 421 g/mol. The van der Waals surface area contributed by atoms with E-state index in [4.69, 9.17) is 4.74 Å². The number of benzene rings is 1. The van der Waals surface area contributed by atoms with Crippen molar-refractivity contribution in [2.45, 2.75) is 31.9 Å². The van der Waals surface area contributed by atoms with Crippen LogP contribution in [0.2, 0.25) is 0 Å². The minimum absolute atomic E-state index is 0.0539. The van der Waals surface area contributed by atoms with Crippen LogP contribution in [0.3, 0.4) is 0 Å². The van der Waals surface area contributed by atoms with Crippen molar-refractivity contribution in [2.75, 3.05) is 5.32 Å². The molecule has 1 saturated carbocycles. The van der Waals surface area contributed by atoms with Gasteiger partial charge in [0.2, 0.25) is 11.8 Å². The number of carbonyl (C=O) groups excluding carboxylic acids is 2. The van der Waals surface area contributed by atoms with Crippen molar-refractivity contribution >= 4 is 28.7 Å². The number of H-pyrrole nitrogens is 1. The van der Waals surface area contributed by atoms with Gasteiger partial charge in [-0.3, -0.25) is 9.59 Å². The number of aromatic amines is 1. The lowest BCUT2D eigenvalue weighted by Crippen LogP contribution is -2.45. The minimum atomic E-state index is -0.327. The number of rotatable bonds is 7. The molecule has 0 spiro atoms. The second-order valence-corrected chi connectivity index (χ2v) is 7.58. The quantitative estimate of drug-likeness (QED) is 0.434. The van der Waals surface area contributed by atoms with Gasteiger partial charge in [0.1, 0.15) is 11.3 Å². The number of hydrogen-bond acceptors (Lipinski definition) is 6. The van der Waals surface area contributed by atoms with Gasteiger partial charge in [0, 0.05) is 24.0 Å². The van der Waals surface area contributed by atoms with Gasteiger partial charge in [0.05, 0.1) is 17.9 Å². The molecule has 4 rings (SSSR count). The predicted octanol–water partition coefficient (Wildman–Crippen LogP) is 2.76. The third-order valence-corrected chi connectivity index (χ3v) is 5.33. The molecule has 2 amide bonds. The number of anilines is 1. The molecule has 160 valence electrons. The Morgan fingerprint density at radius 2 is 2.19 bits per heavy atom. The lowest BCUT2D eigenvalue weighted by Gasteiger charge is -2.36. The molecule has 9 nitrogen and oxygen atoms in total. The van der Waals surface area contributed by atoms with Gasteiger partial charge in [-0.2, -0.15) is 0 Å². The van der Waals surface area contributed by atoms with Crippen molar-refractivity contribution in [3.63, 3.8) is 0 Å². The second-order valence-electron chi connectivity index (χ2n) is 7.58. The predicted molar refractivity (Wildman–Crippen MR) is 115 cm³/mol. The number of amides is 2. The minimum Gasteiger partial charge on any atom is -0.437 e. The summed E-state index contributed by atoms with van der Waals surface area (Å²) in [5, 5.41) is 15.1. The van der Waals surface area contributed by atoms with Crippen LogP contribution in [0.4, 0.5) is 5.69 Å². The first-order valence-corrected chi connectivity index (χ1v) is 9.97. The molecule has 0 radical (unpaired) electrons. The molecule has 0 unspecified atom stereocenters. The molecular weight excluding hydrogens is 398 g/mol. The molecule has 0 bridgehead atoms. The van der Waals surface area contributed by atoms with E-state index in [0.717, 1.165) is 0 Å². The van der Waals surface area contributed by atoms with E-state index in [-0.39, 0.29) is 35.8 Å². The highest BCUT2D eigenvalue weighted by Gasteiger charge is 2.32. The van der Waals surface area contributed by atoms with Crippen LogP contribution < -0.4 is 15.4 Å². The zero-order valence-corrected chi connectivity index (χ0v) is 17.0. The van der Waals surface area contributed by atoms with Crippen molar-refractivity contribution in [2.24, 2.45) is 5.92 Å². The molecule has 1 aliphatic carbocycles. The molecule has 4 N–H and O–H groups in total. The van der Waals surface area contributed by atoms with Crippen LogP contribution in [-0.4, -0.2) is 44.0 Å². The highest BCUT2D eigenvalue weighted by atomic mass is 16.5. The Labute approximate surface area is 178 Å². The topological polar surface area (TPSA) is 129 Å². The van der Waals surface area contributed by atoms with Crippen LogP contribution in [0, 0.1) is 5.92 Å². The Kier molecular flexibility index (Phi) is 5.68. The van der Waals surface area contributed by atoms with Crippen molar-refractivity contribution in [1.82, 2.24) is 20.3 Å². The number of aromatic nitrogens is 3. The Balaban J connectivity index is 1.50. The van der Waals surface area contributed by atoms with Gasteiger partial charge in [-0.25, -0.2) is 9.97 Å². The maximum atomic E-state index is 12.8. The van der Waals surface area contributed by atoms with Crippen LogP contribution in [0.1, 0.15) is 30.1 Å². The third-order valence-electron chi connectivity index (χ3n) is 5.33. The van der Waals surface area contributed by atoms with Gasteiger partial charge in [0.15, 0.2) is 5.65 Å². The van der Waals surface area contributed by atoms with Crippen molar-refractivity contribution in [3.8, 4) is 11.6 Å². The molecule has 3 aromatic rings. The highest BCUT2D eigenvalue weighted by molar-refractivity contribution is 6.04. The van der Waals surface area contributed by atoms with Crippen molar-refractivity contribution in [1.29, 1.82) is 0 Å². The SMILES string of the molecule is C=CC(=O)Nc1cccc(Oc2cnc3[nH]cc(C(=O)N[C@H](C)C4CC(O)C4)c3n2)c1. The number of aliphatic hydroxyl groups is 1. The van der Waals surface area contributed by atoms with Gasteiger partial charge in [0.25, 0.3) is 5.91 Å². The van der Waals surface area contributed by atoms with E-state index < -0.39 is 0 Å². The first-order valence-electron chi connectivity index (χ1n) is 9.97. The fraction of sp³-hybridized carbons (Fsp3) is 0.273. The van der Waals surface area contributed by atoms with Crippen LogP contribution in [-0.2, 0) is 4.79 Å². The fourth-order valence-corrected chi connectivity index (χ4v) is 3.49. The first kappa shape index (κ1) is 20.5. The number of fused-ring (bicyclic) bond motifs is 1. The Bertz CT molecular complexity index is 1140. The van der Waals surface area contributed by atoms with Crippen LogP contribution >= 0.6 is 0 Å². The summed E-state index contributed by atoms with van der Waals surface area (Å²) in [7, 11) is 0. The fourth-order valence-electron chi connectivity index (χ4n) is 3.49. The summed E-state index contributed by atoms with van der Waals surface area (Å²) in [4.78, 5) is 35.9. The number of nitrogens with one attached hydrogen (secondary N) is 3. The van der Waals surface area contributed by atoms with Crippen LogP contribution in [0.25, 0.3) is 11.2 Å². The van der Waals surface area contributed by atoms with Gasteiger partial charge in [-0.05, 0) is 43.9 Å². The summed E-state index contributed by atoms with van der Waals surface area (Å²) in [6.07, 6.45) is 5.32. The second kappa shape index (κ2) is 8.57. The lowest BCUT2D eigenvalue weighted by molar-refractivity contribution is -0.111. The smallest absolute Gasteiger partial charge is 0.255 e. The zero-order chi connectivity index (χ0) is 22.0. The van der Waals surface area contributed by atoms with E-state index in [1.807, 2.05) is 6.92 Å².